The first kappa shape index (κ1) is 20.7. The summed E-state index contributed by atoms with van der Waals surface area (Å²) in [4.78, 5) is 20.8. The number of aryl methyl sites for hydroxylation is 2. The van der Waals surface area contributed by atoms with Crippen molar-refractivity contribution in [1.82, 2.24) is 19.7 Å². The lowest BCUT2D eigenvalue weighted by molar-refractivity contribution is 0.469. The standard InChI is InChI=1S/C22H21ClN4O2S2/c1-3-17-25-26-18(29-17)11-30-22-24-20-19(15-9-4-12(2)10-16(15)31-20)21(28)27(22)14-7-5-13(23)6-8-14/h5-8,12H,3-4,9-11H2,1-2H3. The SMILES string of the molecule is CCc1nnc(CSc2nc3sc4c(c3c(=O)n2-c2ccc(Cl)cc2)CCC(C)C4)o1. The maximum absolute atomic E-state index is 13.7. The number of halogens is 1. The molecule has 6 nitrogen and oxygen atoms in total. The number of thioether (sulfide) groups is 1. The third-order valence-corrected chi connectivity index (χ3v) is 7.84. The summed E-state index contributed by atoms with van der Waals surface area (Å²) in [5, 5.41) is 10.1. The molecule has 1 unspecified atom stereocenters. The Morgan fingerprint density at radius 1 is 1.26 bits per heavy atom. The monoisotopic (exact) mass is 472 g/mol. The second-order valence-corrected chi connectivity index (χ2v) is 10.2. The third kappa shape index (κ3) is 3.92. The Balaban J connectivity index is 1.64. The smallest absolute Gasteiger partial charge is 0.267 e. The number of nitrogens with zero attached hydrogens (tertiary/aromatic N) is 4. The van der Waals surface area contributed by atoms with Crippen molar-refractivity contribution in [3.63, 3.8) is 0 Å². The van der Waals surface area contributed by atoms with Crippen LogP contribution in [0, 0.1) is 5.92 Å². The van der Waals surface area contributed by atoms with Gasteiger partial charge in [-0.1, -0.05) is 37.2 Å². The van der Waals surface area contributed by atoms with Gasteiger partial charge in [0.15, 0.2) is 5.16 Å². The van der Waals surface area contributed by atoms with Crippen LogP contribution in [0.25, 0.3) is 15.9 Å². The fraction of sp³-hybridized carbons (Fsp3) is 0.364. The van der Waals surface area contributed by atoms with Crippen LogP contribution in [0.2, 0.25) is 5.02 Å². The molecule has 0 N–H and O–H groups in total. The van der Waals surface area contributed by atoms with Gasteiger partial charge in [-0.15, -0.1) is 21.5 Å². The Morgan fingerprint density at radius 2 is 2.03 bits per heavy atom. The summed E-state index contributed by atoms with van der Waals surface area (Å²) in [5.41, 5.74) is 1.90. The number of aromatic nitrogens is 4. The fourth-order valence-electron chi connectivity index (χ4n) is 3.90. The molecule has 9 heteroatoms. The van der Waals surface area contributed by atoms with Gasteiger partial charge in [-0.25, -0.2) is 4.98 Å². The van der Waals surface area contributed by atoms with Gasteiger partial charge in [0, 0.05) is 16.3 Å². The number of thiophene rings is 1. The molecule has 31 heavy (non-hydrogen) atoms. The predicted molar refractivity (Wildman–Crippen MR) is 125 cm³/mol. The lowest BCUT2D eigenvalue weighted by atomic mass is 9.89. The molecule has 3 aromatic heterocycles. The zero-order valence-electron chi connectivity index (χ0n) is 17.2. The maximum Gasteiger partial charge on any atom is 0.267 e. The van der Waals surface area contributed by atoms with E-state index in [-0.39, 0.29) is 5.56 Å². The molecule has 0 bridgehead atoms. The van der Waals surface area contributed by atoms with E-state index in [0.29, 0.717) is 40.1 Å². The van der Waals surface area contributed by atoms with E-state index in [1.54, 1.807) is 28.0 Å². The number of hydrogen-bond acceptors (Lipinski definition) is 7. The summed E-state index contributed by atoms with van der Waals surface area (Å²) in [7, 11) is 0. The van der Waals surface area contributed by atoms with Crippen LogP contribution in [-0.4, -0.2) is 19.7 Å². The number of rotatable bonds is 5. The van der Waals surface area contributed by atoms with Crippen LogP contribution >= 0.6 is 34.7 Å². The molecule has 5 rings (SSSR count). The van der Waals surface area contributed by atoms with Crippen molar-refractivity contribution in [2.24, 2.45) is 5.92 Å². The van der Waals surface area contributed by atoms with Crippen molar-refractivity contribution >= 4 is 44.9 Å². The van der Waals surface area contributed by atoms with E-state index < -0.39 is 0 Å². The van der Waals surface area contributed by atoms with Crippen molar-refractivity contribution < 1.29 is 4.42 Å². The van der Waals surface area contributed by atoms with Gasteiger partial charge in [-0.3, -0.25) is 9.36 Å². The molecule has 0 saturated carbocycles. The predicted octanol–water partition coefficient (Wildman–Crippen LogP) is 5.46. The normalized spacial score (nSPS) is 16.0. The van der Waals surface area contributed by atoms with Crippen LogP contribution in [0.15, 0.2) is 38.6 Å². The van der Waals surface area contributed by atoms with Gasteiger partial charge in [-0.2, -0.15) is 0 Å². The van der Waals surface area contributed by atoms with Crippen molar-refractivity contribution in [3.8, 4) is 5.69 Å². The zero-order chi connectivity index (χ0) is 21.5. The van der Waals surface area contributed by atoms with E-state index >= 15 is 0 Å². The minimum atomic E-state index is -0.0262. The third-order valence-electron chi connectivity index (χ3n) is 5.52. The number of benzene rings is 1. The molecular weight excluding hydrogens is 452 g/mol. The topological polar surface area (TPSA) is 73.8 Å². The van der Waals surface area contributed by atoms with E-state index in [9.17, 15) is 4.79 Å². The molecule has 3 heterocycles. The molecule has 1 aliphatic rings. The van der Waals surface area contributed by atoms with Gasteiger partial charge in [0.05, 0.1) is 16.8 Å². The molecule has 0 amide bonds. The largest absolute Gasteiger partial charge is 0.424 e. The molecule has 0 spiro atoms. The van der Waals surface area contributed by atoms with E-state index in [0.717, 1.165) is 35.2 Å². The molecule has 1 atom stereocenters. The summed E-state index contributed by atoms with van der Waals surface area (Å²) in [6.45, 7) is 4.24. The lowest BCUT2D eigenvalue weighted by Crippen LogP contribution is -2.22. The van der Waals surface area contributed by atoms with Crippen molar-refractivity contribution in [3.05, 3.63) is 61.9 Å². The number of fused-ring (bicyclic) bond motifs is 3. The van der Waals surface area contributed by atoms with Gasteiger partial charge in [0.2, 0.25) is 11.8 Å². The average Bonchev–Trinajstić information content (AvgIpc) is 3.37. The summed E-state index contributed by atoms with van der Waals surface area (Å²) in [6.07, 6.45) is 3.74. The Labute approximate surface area is 192 Å². The second-order valence-electron chi connectivity index (χ2n) is 7.78. The van der Waals surface area contributed by atoms with E-state index in [4.69, 9.17) is 21.0 Å². The Morgan fingerprint density at radius 3 is 2.77 bits per heavy atom. The first-order chi connectivity index (χ1) is 15.0. The van der Waals surface area contributed by atoms with Crippen molar-refractivity contribution in [1.29, 1.82) is 0 Å². The molecule has 0 fully saturated rings. The molecule has 160 valence electrons. The average molecular weight is 473 g/mol. The highest BCUT2D eigenvalue weighted by Crippen LogP contribution is 2.37. The summed E-state index contributed by atoms with van der Waals surface area (Å²) in [6, 6.07) is 7.28. The molecule has 0 aliphatic heterocycles. The molecule has 0 radical (unpaired) electrons. The van der Waals surface area contributed by atoms with Crippen LogP contribution in [0.3, 0.4) is 0 Å². The van der Waals surface area contributed by atoms with E-state index in [2.05, 4.69) is 17.1 Å². The second kappa shape index (κ2) is 8.41. The van der Waals surface area contributed by atoms with E-state index in [1.807, 2.05) is 19.1 Å². The summed E-state index contributed by atoms with van der Waals surface area (Å²) in [5.74, 6) is 2.21. The van der Waals surface area contributed by atoms with Crippen LogP contribution in [0.5, 0.6) is 0 Å². The molecular formula is C22H21ClN4O2S2. The van der Waals surface area contributed by atoms with Gasteiger partial charge >= 0.3 is 0 Å². The summed E-state index contributed by atoms with van der Waals surface area (Å²) >= 11 is 9.17. The zero-order valence-corrected chi connectivity index (χ0v) is 19.6. The van der Waals surface area contributed by atoms with E-state index in [1.165, 1.54) is 22.2 Å². The van der Waals surface area contributed by atoms with Crippen LogP contribution in [0.1, 0.15) is 42.5 Å². The minimum Gasteiger partial charge on any atom is -0.424 e. The van der Waals surface area contributed by atoms with Gasteiger partial charge in [0.25, 0.3) is 5.56 Å². The molecule has 4 aromatic rings. The Hall–Kier alpha value is -2.16. The Bertz CT molecular complexity index is 1310. The summed E-state index contributed by atoms with van der Waals surface area (Å²) < 4.78 is 7.32. The lowest BCUT2D eigenvalue weighted by Gasteiger charge is -2.17. The quantitative estimate of drug-likeness (QED) is 0.283. The van der Waals surface area contributed by atoms with Crippen LogP contribution in [-0.2, 0) is 25.0 Å². The number of hydrogen-bond donors (Lipinski definition) is 0. The van der Waals surface area contributed by atoms with Gasteiger partial charge in [-0.05, 0) is 55.0 Å². The molecule has 1 aliphatic carbocycles. The fourth-order valence-corrected chi connectivity index (χ4v) is 6.30. The Kier molecular flexibility index (Phi) is 5.62. The highest BCUT2D eigenvalue weighted by atomic mass is 35.5. The molecule has 1 aromatic carbocycles. The first-order valence-electron chi connectivity index (χ1n) is 10.3. The first-order valence-corrected chi connectivity index (χ1v) is 12.5. The maximum atomic E-state index is 13.7. The molecule has 0 saturated heterocycles. The van der Waals surface area contributed by atoms with Gasteiger partial charge < -0.3 is 4.42 Å². The van der Waals surface area contributed by atoms with Crippen LogP contribution < -0.4 is 5.56 Å². The highest BCUT2D eigenvalue weighted by molar-refractivity contribution is 7.98. The highest BCUT2D eigenvalue weighted by Gasteiger charge is 2.25. The van der Waals surface area contributed by atoms with Crippen molar-refractivity contribution in [2.75, 3.05) is 0 Å². The van der Waals surface area contributed by atoms with Crippen molar-refractivity contribution in [2.45, 2.75) is 50.4 Å². The van der Waals surface area contributed by atoms with Crippen LogP contribution in [0.4, 0.5) is 0 Å². The minimum absolute atomic E-state index is 0.0262. The van der Waals surface area contributed by atoms with Gasteiger partial charge in [0.1, 0.15) is 4.83 Å².